The van der Waals surface area contributed by atoms with Gasteiger partial charge in [-0.1, -0.05) is 6.92 Å². The van der Waals surface area contributed by atoms with Gasteiger partial charge in [-0.3, -0.25) is 4.79 Å². The van der Waals surface area contributed by atoms with Crippen molar-refractivity contribution in [3.8, 4) is 0 Å². The first-order valence-electron chi connectivity index (χ1n) is 5.46. The summed E-state index contributed by atoms with van der Waals surface area (Å²) in [5.41, 5.74) is 4.09. The number of carbonyl (C=O) groups is 1. The molecule has 0 fully saturated rings. The zero-order valence-electron chi connectivity index (χ0n) is 11.1. The maximum absolute atomic E-state index is 11.7. The minimum Gasteiger partial charge on any atom is -0.353 e. The van der Waals surface area contributed by atoms with Crippen molar-refractivity contribution < 1.29 is 13.2 Å². The lowest BCUT2D eigenvalue weighted by molar-refractivity contribution is -0.126. The number of nitrogens with one attached hydrogen (secondary N) is 2. The van der Waals surface area contributed by atoms with E-state index >= 15 is 0 Å². The molecular weight excluding hydrogens is 242 g/mol. The van der Waals surface area contributed by atoms with Crippen LogP contribution in [0.15, 0.2) is 0 Å². The SMILES string of the molecule is CCC(C)(N)C(=O)NCC(C)(C)NS(C)(=O)=O. The molecule has 17 heavy (non-hydrogen) atoms. The van der Waals surface area contributed by atoms with Crippen molar-refractivity contribution in [2.45, 2.75) is 45.2 Å². The van der Waals surface area contributed by atoms with E-state index in [1.807, 2.05) is 6.92 Å². The zero-order chi connectivity index (χ0) is 13.9. The molecule has 0 spiro atoms. The molecule has 1 unspecified atom stereocenters. The maximum atomic E-state index is 11.7. The number of sulfonamides is 1. The second-order valence-electron chi connectivity index (χ2n) is 5.21. The Morgan fingerprint density at radius 2 is 1.76 bits per heavy atom. The van der Waals surface area contributed by atoms with Crippen LogP contribution in [0.3, 0.4) is 0 Å². The number of nitrogens with two attached hydrogens (primary N) is 1. The van der Waals surface area contributed by atoms with Crippen molar-refractivity contribution >= 4 is 15.9 Å². The van der Waals surface area contributed by atoms with Crippen LogP contribution in [0.5, 0.6) is 0 Å². The topological polar surface area (TPSA) is 101 Å². The molecule has 1 atom stereocenters. The average molecular weight is 265 g/mol. The molecular formula is C10H23N3O3S. The lowest BCUT2D eigenvalue weighted by Crippen LogP contribution is -2.57. The van der Waals surface area contributed by atoms with Gasteiger partial charge in [0.2, 0.25) is 15.9 Å². The molecule has 0 saturated heterocycles. The summed E-state index contributed by atoms with van der Waals surface area (Å²) in [4.78, 5) is 11.7. The Bertz CT molecular complexity index is 374. The number of rotatable bonds is 6. The summed E-state index contributed by atoms with van der Waals surface area (Å²) in [6.45, 7) is 7.02. The van der Waals surface area contributed by atoms with Crippen molar-refractivity contribution in [1.29, 1.82) is 0 Å². The molecule has 4 N–H and O–H groups in total. The molecule has 6 nitrogen and oxygen atoms in total. The van der Waals surface area contributed by atoms with Crippen LogP contribution in [0, 0.1) is 0 Å². The van der Waals surface area contributed by atoms with Gasteiger partial charge in [-0.15, -0.1) is 0 Å². The molecule has 1 amide bonds. The van der Waals surface area contributed by atoms with Crippen LogP contribution in [0.1, 0.15) is 34.1 Å². The summed E-state index contributed by atoms with van der Waals surface area (Å²) in [5, 5.41) is 2.65. The van der Waals surface area contributed by atoms with E-state index in [1.54, 1.807) is 20.8 Å². The van der Waals surface area contributed by atoms with Crippen LogP contribution in [0.4, 0.5) is 0 Å². The van der Waals surface area contributed by atoms with Gasteiger partial charge in [0.05, 0.1) is 11.8 Å². The lowest BCUT2D eigenvalue weighted by atomic mass is 9.98. The van der Waals surface area contributed by atoms with Crippen molar-refractivity contribution in [3.05, 3.63) is 0 Å². The van der Waals surface area contributed by atoms with Gasteiger partial charge in [-0.05, 0) is 27.2 Å². The fourth-order valence-electron chi connectivity index (χ4n) is 1.20. The zero-order valence-corrected chi connectivity index (χ0v) is 11.9. The lowest BCUT2D eigenvalue weighted by Gasteiger charge is -2.28. The molecule has 0 aliphatic rings. The van der Waals surface area contributed by atoms with Gasteiger partial charge in [-0.25, -0.2) is 13.1 Å². The minimum absolute atomic E-state index is 0.186. The predicted octanol–water partition coefficient (Wildman–Crippen LogP) is -0.442. The fraction of sp³-hybridized carbons (Fsp3) is 0.900. The van der Waals surface area contributed by atoms with E-state index in [2.05, 4.69) is 10.0 Å². The summed E-state index contributed by atoms with van der Waals surface area (Å²) >= 11 is 0. The molecule has 0 bridgehead atoms. The number of hydrogen-bond donors (Lipinski definition) is 3. The molecule has 102 valence electrons. The Labute approximate surface area is 103 Å². The number of carbonyl (C=O) groups excluding carboxylic acids is 1. The summed E-state index contributed by atoms with van der Waals surface area (Å²) in [7, 11) is -3.30. The van der Waals surface area contributed by atoms with Gasteiger partial charge in [0.1, 0.15) is 0 Å². The van der Waals surface area contributed by atoms with Crippen LogP contribution in [-0.2, 0) is 14.8 Å². The van der Waals surface area contributed by atoms with Gasteiger partial charge in [0.15, 0.2) is 0 Å². The molecule has 0 aromatic heterocycles. The van der Waals surface area contributed by atoms with E-state index in [1.165, 1.54) is 0 Å². The highest BCUT2D eigenvalue weighted by molar-refractivity contribution is 7.88. The normalized spacial score (nSPS) is 16.4. The largest absolute Gasteiger partial charge is 0.353 e. The molecule has 0 aromatic carbocycles. The first-order chi connectivity index (χ1) is 7.40. The van der Waals surface area contributed by atoms with Crippen LogP contribution in [0.2, 0.25) is 0 Å². The van der Waals surface area contributed by atoms with Crippen molar-refractivity contribution in [1.82, 2.24) is 10.0 Å². The molecule has 0 radical (unpaired) electrons. The Balaban J connectivity index is 4.43. The Kier molecular flexibility index (Phi) is 5.12. The highest BCUT2D eigenvalue weighted by Gasteiger charge is 2.29. The first-order valence-corrected chi connectivity index (χ1v) is 7.35. The molecule has 0 aliphatic heterocycles. The fourth-order valence-corrected chi connectivity index (χ4v) is 2.28. The summed E-state index contributed by atoms with van der Waals surface area (Å²) in [6.07, 6.45) is 1.59. The smallest absolute Gasteiger partial charge is 0.239 e. The maximum Gasteiger partial charge on any atom is 0.239 e. The highest BCUT2D eigenvalue weighted by atomic mass is 32.2. The van der Waals surface area contributed by atoms with Crippen molar-refractivity contribution in [2.75, 3.05) is 12.8 Å². The van der Waals surface area contributed by atoms with E-state index in [-0.39, 0.29) is 12.5 Å². The van der Waals surface area contributed by atoms with Gasteiger partial charge >= 0.3 is 0 Å². The standard InChI is InChI=1S/C10H23N3O3S/c1-6-10(4,11)8(14)12-7-9(2,3)13-17(5,15)16/h13H,6-7,11H2,1-5H3,(H,12,14). The monoisotopic (exact) mass is 265 g/mol. The molecule has 0 aliphatic carbocycles. The van der Waals surface area contributed by atoms with Crippen LogP contribution in [0.25, 0.3) is 0 Å². The van der Waals surface area contributed by atoms with E-state index < -0.39 is 21.1 Å². The van der Waals surface area contributed by atoms with Crippen LogP contribution >= 0.6 is 0 Å². The predicted molar refractivity (Wildman–Crippen MR) is 68.0 cm³/mol. The van der Waals surface area contributed by atoms with E-state index in [9.17, 15) is 13.2 Å². The highest BCUT2D eigenvalue weighted by Crippen LogP contribution is 2.06. The number of hydrogen-bond acceptors (Lipinski definition) is 4. The van der Waals surface area contributed by atoms with Gasteiger partial charge in [0.25, 0.3) is 0 Å². The molecule has 7 heteroatoms. The van der Waals surface area contributed by atoms with Gasteiger partial charge < -0.3 is 11.1 Å². The van der Waals surface area contributed by atoms with Crippen molar-refractivity contribution in [2.24, 2.45) is 5.73 Å². The van der Waals surface area contributed by atoms with E-state index in [0.29, 0.717) is 6.42 Å². The average Bonchev–Trinajstić information content (AvgIpc) is 2.10. The van der Waals surface area contributed by atoms with Crippen LogP contribution in [-0.4, -0.2) is 38.2 Å². The second kappa shape index (κ2) is 5.32. The molecule has 0 saturated carbocycles. The van der Waals surface area contributed by atoms with Gasteiger partial charge in [-0.2, -0.15) is 0 Å². The van der Waals surface area contributed by atoms with Crippen molar-refractivity contribution in [3.63, 3.8) is 0 Å². The third kappa shape index (κ3) is 6.60. The summed E-state index contributed by atoms with van der Waals surface area (Å²) in [6, 6.07) is 0. The summed E-state index contributed by atoms with van der Waals surface area (Å²) in [5.74, 6) is -0.289. The quantitative estimate of drug-likeness (QED) is 0.606. The molecule has 0 aromatic rings. The first kappa shape index (κ1) is 16.3. The Morgan fingerprint density at radius 1 is 1.29 bits per heavy atom. The molecule has 0 rings (SSSR count). The second-order valence-corrected chi connectivity index (χ2v) is 6.96. The summed E-state index contributed by atoms with van der Waals surface area (Å²) < 4.78 is 24.6. The van der Waals surface area contributed by atoms with E-state index in [0.717, 1.165) is 6.26 Å². The van der Waals surface area contributed by atoms with Gasteiger partial charge in [0, 0.05) is 12.1 Å². The van der Waals surface area contributed by atoms with E-state index in [4.69, 9.17) is 5.73 Å². The number of amides is 1. The minimum atomic E-state index is -3.30. The molecule has 0 heterocycles. The Hall–Kier alpha value is -0.660. The van der Waals surface area contributed by atoms with Crippen LogP contribution < -0.4 is 15.8 Å². The third-order valence-corrected chi connectivity index (χ3v) is 3.33. The Morgan fingerprint density at radius 3 is 2.12 bits per heavy atom. The third-order valence-electron chi connectivity index (χ3n) is 2.41.